The summed E-state index contributed by atoms with van der Waals surface area (Å²) in [5.41, 5.74) is 2.04. The molecule has 0 bridgehead atoms. The molecule has 0 unspecified atom stereocenters. The second kappa shape index (κ2) is 8.97. The lowest BCUT2D eigenvalue weighted by Gasteiger charge is -2.06. The molecule has 3 heteroatoms. The normalized spacial score (nSPS) is 10.7. The Morgan fingerprint density at radius 1 is 1.00 bits per heavy atom. The molecule has 23 heavy (non-hydrogen) atoms. The summed E-state index contributed by atoms with van der Waals surface area (Å²) in [6.45, 7) is 2.18. The van der Waals surface area contributed by atoms with Crippen LogP contribution in [0.1, 0.15) is 55.8 Å². The molecule has 0 saturated heterocycles. The van der Waals surface area contributed by atoms with Crippen LogP contribution < -0.4 is 0 Å². The first kappa shape index (κ1) is 17.9. The Bertz CT molecular complexity index is 649. The number of hydrogen-bond donors (Lipinski definition) is 0. The van der Waals surface area contributed by atoms with Gasteiger partial charge in [0.15, 0.2) is 5.78 Å². The minimum Gasteiger partial charge on any atom is -0.294 e. The maximum Gasteiger partial charge on any atom is 0.162 e. The highest BCUT2D eigenvalue weighted by Gasteiger charge is 2.08. The molecule has 2 aromatic carbocycles. The Labute approximate surface area is 146 Å². The van der Waals surface area contributed by atoms with Gasteiger partial charge in [0.25, 0.3) is 0 Å². The molecule has 0 spiro atoms. The number of hydrogen-bond acceptors (Lipinski definition) is 1. The van der Waals surface area contributed by atoms with Gasteiger partial charge in [0, 0.05) is 22.0 Å². The summed E-state index contributed by atoms with van der Waals surface area (Å²) >= 11 is 3.25. The van der Waals surface area contributed by atoms with E-state index in [-0.39, 0.29) is 11.6 Å². The quantitative estimate of drug-likeness (QED) is 0.365. The molecule has 0 aliphatic heterocycles. The molecule has 0 aromatic heterocycles. The second-order valence-corrected chi connectivity index (χ2v) is 6.70. The molecule has 0 radical (unpaired) electrons. The molecule has 2 rings (SSSR count). The van der Waals surface area contributed by atoms with Gasteiger partial charge in [-0.25, -0.2) is 4.39 Å². The fourth-order valence-corrected chi connectivity index (χ4v) is 2.93. The van der Waals surface area contributed by atoms with E-state index in [0.29, 0.717) is 22.0 Å². The van der Waals surface area contributed by atoms with Crippen molar-refractivity contribution in [2.45, 2.75) is 45.4 Å². The van der Waals surface area contributed by atoms with Crippen LogP contribution in [0.25, 0.3) is 11.1 Å². The van der Waals surface area contributed by atoms with E-state index < -0.39 is 0 Å². The molecule has 0 N–H and O–H groups in total. The van der Waals surface area contributed by atoms with Crippen molar-refractivity contribution in [3.05, 3.63) is 58.3 Å². The van der Waals surface area contributed by atoms with Gasteiger partial charge in [-0.2, -0.15) is 0 Å². The average Bonchev–Trinajstić information content (AvgIpc) is 2.55. The number of ketones is 1. The van der Waals surface area contributed by atoms with Crippen LogP contribution in [0.5, 0.6) is 0 Å². The van der Waals surface area contributed by atoms with Crippen molar-refractivity contribution in [1.29, 1.82) is 0 Å². The van der Waals surface area contributed by atoms with E-state index in [1.165, 1.54) is 25.3 Å². The van der Waals surface area contributed by atoms with Gasteiger partial charge in [-0.3, -0.25) is 4.79 Å². The average molecular weight is 377 g/mol. The molecule has 0 aliphatic carbocycles. The first-order chi connectivity index (χ1) is 11.1. The highest BCUT2D eigenvalue weighted by atomic mass is 79.9. The van der Waals surface area contributed by atoms with Gasteiger partial charge in [-0.05, 0) is 24.1 Å². The first-order valence-electron chi connectivity index (χ1n) is 8.20. The van der Waals surface area contributed by atoms with Crippen LogP contribution in [-0.2, 0) is 0 Å². The second-order valence-electron chi connectivity index (χ2n) is 5.79. The number of carbonyl (C=O) groups excluding carboxylic acids is 1. The fourth-order valence-electron chi connectivity index (χ4n) is 2.59. The standard InChI is InChI=1S/C20H22BrFO/c1-2-3-4-5-6-7-20(23)16-10-8-15(9-11-16)18-13-12-17(21)14-19(18)22/h8-14H,2-7H2,1H3. The van der Waals surface area contributed by atoms with Gasteiger partial charge in [-0.1, -0.05) is 78.9 Å². The zero-order valence-corrected chi connectivity index (χ0v) is 15.0. The molecular weight excluding hydrogens is 355 g/mol. The zero-order chi connectivity index (χ0) is 16.7. The molecule has 0 heterocycles. The number of halogens is 2. The molecule has 1 nitrogen and oxygen atoms in total. The number of rotatable bonds is 8. The van der Waals surface area contributed by atoms with E-state index in [2.05, 4.69) is 22.9 Å². The summed E-state index contributed by atoms with van der Waals surface area (Å²) < 4.78 is 14.7. The number of Topliss-reactive ketones (excluding diaryl/α,β-unsaturated/α-hetero) is 1. The van der Waals surface area contributed by atoms with Crippen LogP contribution in [-0.4, -0.2) is 5.78 Å². The monoisotopic (exact) mass is 376 g/mol. The van der Waals surface area contributed by atoms with Crippen molar-refractivity contribution in [3.8, 4) is 11.1 Å². The van der Waals surface area contributed by atoms with Gasteiger partial charge in [0.1, 0.15) is 5.82 Å². The van der Waals surface area contributed by atoms with Crippen molar-refractivity contribution < 1.29 is 9.18 Å². The minimum absolute atomic E-state index is 0.171. The molecule has 122 valence electrons. The lowest BCUT2D eigenvalue weighted by atomic mass is 9.99. The summed E-state index contributed by atoms with van der Waals surface area (Å²) in [5, 5.41) is 0. The maximum absolute atomic E-state index is 14.0. The fraction of sp³-hybridized carbons (Fsp3) is 0.350. The van der Waals surface area contributed by atoms with E-state index >= 15 is 0 Å². The van der Waals surface area contributed by atoms with Gasteiger partial charge < -0.3 is 0 Å². The first-order valence-corrected chi connectivity index (χ1v) is 9.00. The van der Waals surface area contributed by atoms with Crippen LogP contribution in [0.4, 0.5) is 4.39 Å². The molecule has 0 saturated carbocycles. The summed E-state index contributed by atoms with van der Waals surface area (Å²) in [6.07, 6.45) is 6.30. The zero-order valence-electron chi connectivity index (χ0n) is 13.4. The van der Waals surface area contributed by atoms with Crippen LogP contribution >= 0.6 is 15.9 Å². The smallest absolute Gasteiger partial charge is 0.162 e. The Hall–Kier alpha value is -1.48. The Balaban J connectivity index is 1.97. The van der Waals surface area contributed by atoms with Crippen LogP contribution in [0.2, 0.25) is 0 Å². The molecule has 0 aliphatic rings. The molecule has 0 atom stereocenters. The number of benzene rings is 2. The molecular formula is C20H22BrFO. The lowest BCUT2D eigenvalue weighted by Crippen LogP contribution is -1.99. The van der Waals surface area contributed by atoms with Gasteiger partial charge in [0.05, 0.1) is 0 Å². The molecule has 0 amide bonds. The van der Waals surface area contributed by atoms with E-state index in [1.807, 2.05) is 18.2 Å². The summed E-state index contributed by atoms with van der Waals surface area (Å²) in [7, 11) is 0. The van der Waals surface area contributed by atoms with Crippen molar-refractivity contribution >= 4 is 21.7 Å². The van der Waals surface area contributed by atoms with Crippen molar-refractivity contribution in [1.82, 2.24) is 0 Å². The van der Waals surface area contributed by atoms with Gasteiger partial charge >= 0.3 is 0 Å². The van der Waals surface area contributed by atoms with Crippen LogP contribution in [0.3, 0.4) is 0 Å². The largest absolute Gasteiger partial charge is 0.294 e. The lowest BCUT2D eigenvalue weighted by molar-refractivity contribution is 0.0979. The Morgan fingerprint density at radius 2 is 1.70 bits per heavy atom. The molecule has 2 aromatic rings. The van der Waals surface area contributed by atoms with Crippen LogP contribution in [0, 0.1) is 5.82 Å². The van der Waals surface area contributed by atoms with Crippen molar-refractivity contribution in [3.63, 3.8) is 0 Å². The summed E-state index contributed by atoms with van der Waals surface area (Å²) in [5.74, 6) is -0.0984. The van der Waals surface area contributed by atoms with E-state index in [9.17, 15) is 9.18 Å². The highest BCUT2D eigenvalue weighted by Crippen LogP contribution is 2.26. The Kier molecular flexibility index (Phi) is 6.97. The minimum atomic E-state index is -0.269. The van der Waals surface area contributed by atoms with Crippen LogP contribution in [0.15, 0.2) is 46.9 Å². The molecule has 0 fully saturated rings. The predicted molar refractivity (Wildman–Crippen MR) is 97.2 cm³/mol. The third kappa shape index (κ3) is 5.28. The number of unbranched alkanes of at least 4 members (excludes halogenated alkanes) is 4. The van der Waals surface area contributed by atoms with E-state index in [1.54, 1.807) is 18.2 Å². The highest BCUT2D eigenvalue weighted by molar-refractivity contribution is 9.10. The third-order valence-corrected chi connectivity index (χ3v) is 4.45. The van der Waals surface area contributed by atoms with Gasteiger partial charge in [0.2, 0.25) is 0 Å². The maximum atomic E-state index is 14.0. The predicted octanol–water partition coefficient (Wildman–Crippen LogP) is 6.80. The van der Waals surface area contributed by atoms with Crippen molar-refractivity contribution in [2.75, 3.05) is 0 Å². The van der Waals surface area contributed by atoms with E-state index in [0.717, 1.165) is 18.4 Å². The number of carbonyl (C=O) groups is 1. The topological polar surface area (TPSA) is 17.1 Å². The third-order valence-electron chi connectivity index (χ3n) is 3.96. The SMILES string of the molecule is CCCCCCCC(=O)c1ccc(-c2ccc(Br)cc2F)cc1. The summed E-state index contributed by atoms with van der Waals surface area (Å²) in [4.78, 5) is 12.2. The van der Waals surface area contributed by atoms with Gasteiger partial charge in [-0.15, -0.1) is 0 Å². The summed E-state index contributed by atoms with van der Waals surface area (Å²) in [6, 6.07) is 12.2. The Morgan fingerprint density at radius 3 is 2.35 bits per heavy atom. The van der Waals surface area contributed by atoms with Crippen molar-refractivity contribution in [2.24, 2.45) is 0 Å². The van der Waals surface area contributed by atoms with E-state index in [4.69, 9.17) is 0 Å².